The number of fused-ring (bicyclic) bond motifs is 1. The average molecular weight is 269 g/mol. The maximum Gasteiger partial charge on any atom is 0.335 e. The molecule has 102 valence electrons. The molecule has 0 spiro atoms. The van der Waals surface area contributed by atoms with E-state index in [0.717, 1.165) is 36.3 Å². The number of aromatic carboxylic acids is 1. The van der Waals surface area contributed by atoms with Crippen LogP contribution in [-0.2, 0) is 13.0 Å². The van der Waals surface area contributed by atoms with E-state index in [1.807, 2.05) is 24.3 Å². The molecule has 0 saturated carbocycles. The Morgan fingerprint density at radius 2 is 1.90 bits per heavy atom. The Balaban J connectivity index is 1.78. The highest BCUT2D eigenvalue weighted by molar-refractivity contribution is 5.87. The Hall–Kier alpha value is -2.49. The quantitative estimate of drug-likeness (QED) is 0.899. The van der Waals surface area contributed by atoms with Crippen molar-refractivity contribution in [3.8, 4) is 5.75 Å². The van der Waals surface area contributed by atoms with Gasteiger partial charge < -0.3 is 15.1 Å². The third-order valence-corrected chi connectivity index (χ3v) is 3.63. The number of carboxylic acids is 1. The van der Waals surface area contributed by atoms with Crippen molar-refractivity contribution in [2.75, 3.05) is 11.4 Å². The second-order valence-electron chi connectivity index (χ2n) is 4.99. The number of benzene rings is 2. The summed E-state index contributed by atoms with van der Waals surface area (Å²) in [5, 5.41) is 18.4. The molecule has 0 aliphatic carbocycles. The number of hydrogen-bond acceptors (Lipinski definition) is 3. The number of phenols is 1. The Bertz CT molecular complexity index is 649. The van der Waals surface area contributed by atoms with E-state index >= 15 is 0 Å². The van der Waals surface area contributed by atoms with Crippen LogP contribution >= 0.6 is 0 Å². The van der Waals surface area contributed by atoms with Gasteiger partial charge in [-0.1, -0.05) is 12.1 Å². The summed E-state index contributed by atoms with van der Waals surface area (Å²) in [5.74, 6) is -0.602. The van der Waals surface area contributed by atoms with Crippen LogP contribution in [0.4, 0.5) is 5.69 Å². The van der Waals surface area contributed by atoms with Gasteiger partial charge in [0.1, 0.15) is 5.75 Å². The van der Waals surface area contributed by atoms with Gasteiger partial charge in [0, 0.05) is 18.8 Å². The molecule has 4 heteroatoms. The van der Waals surface area contributed by atoms with Gasteiger partial charge >= 0.3 is 5.97 Å². The van der Waals surface area contributed by atoms with Gasteiger partial charge in [0.2, 0.25) is 0 Å². The first-order chi connectivity index (χ1) is 9.63. The molecule has 0 atom stereocenters. The van der Waals surface area contributed by atoms with Crippen LogP contribution in [0.15, 0.2) is 42.5 Å². The van der Waals surface area contributed by atoms with Crippen molar-refractivity contribution >= 4 is 11.7 Å². The van der Waals surface area contributed by atoms with E-state index < -0.39 is 5.97 Å². The normalized spacial score (nSPS) is 13.3. The van der Waals surface area contributed by atoms with E-state index in [-0.39, 0.29) is 0 Å². The van der Waals surface area contributed by atoms with Crippen LogP contribution < -0.4 is 4.90 Å². The van der Waals surface area contributed by atoms with Gasteiger partial charge in [0.15, 0.2) is 0 Å². The van der Waals surface area contributed by atoms with Crippen molar-refractivity contribution in [1.29, 1.82) is 0 Å². The van der Waals surface area contributed by atoms with Crippen LogP contribution in [0.2, 0.25) is 0 Å². The van der Waals surface area contributed by atoms with Crippen molar-refractivity contribution in [2.45, 2.75) is 13.0 Å². The van der Waals surface area contributed by atoms with Gasteiger partial charge in [-0.2, -0.15) is 0 Å². The van der Waals surface area contributed by atoms with E-state index in [1.54, 1.807) is 18.2 Å². The van der Waals surface area contributed by atoms with E-state index in [4.69, 9.17) is 5.11 Å². The summed E-state index contributed by atoms with van der Waals surface area (Å²) in [6.45, 7) is 1.66. The zero-order valence-corrected chi connectivity index (χ0v) is 10.9. The first-order valence-corrected chi connectivity index (χ1v) is 6.52. The summed E-state index contributed by atoms with van der Waals surface area (Å²) < 4.78 is 0. The Morgan fingerprint density at radius 3 is 2.60 bits per heavy atom. The molecule has 0 bridgehead atoms. The number of carbonyl (C=O) groups is 1. The van der Waals surface area contributed by atoms with Crippen LogP contribution in [0.3, 0.4) is 0 Å². The number of hydrogen-bond donors (Lipinski definition) is 2. The monoisotopic (exact) mass is 269 g/mol. The first kappa shape index (κ1) is 12.5. The number of phenolic OH excluding ortho intramolecular Hbond substituents is 1. The zero-order chi connectivity index (χ0) is 14.1. The lowest BCUT2D eigenvalue weighted by atomic mass is 10.1. The van der Waals surface area contributed by atoms with Gasteiger partial charge in [-0.3, -0.25) is 0 Å². The molecule has 20 heavy (non-hydrogen) atoms. The topological polar surface area (TPSA) is 60.8 Å². The van der Waals surface area contributed by atoms with Crippen molar-refractivity contribution < 1.29 is 15.0 Å². The molecule has 1 aliphatic rings. The van der Waals surface area contributed by atoms with Crippen LogP contribution in [-0.4, -0.2) is 22.7 Å². The van der Waals surface area contributed by atoms with Crippen molar-refractivity contribution in [3.05, 3.63) is 59.2 Å². The molecular weight excluding hydrogens is 254 g/mol. The third-order valence-electron chi connectivity index (χ3n) is 3.63. The number of anilines is 1. The number of nitrogens with zero attached hydrogens (tertiary/aromatic N) is 1. The molecule has 0 amide bonds. The van der Waals surface area contributed by atoms with Gasteiger partial charge in [0.05, 0.1) is 5.56 Å². The van der Waals surface area contributed by atoms with Gasteiger partial charge in [-0.15, -0.1) is 0 Å². The molecule has 2 aromatic rings. The number of aromatic hydroxyl groups is 1. The fourth-order valence-corrected chi connectivity index (χ4v) is 2.59. The standard InChI is InChI=1S/C16H15NO3/c18-14-5-6-15-13(9-14)7-8-17(15)10-11-1-3-12(4-2-11)16(19)20/h1-6,9,18H,7-8,10H2,(H,19,20). The van der Waals surface area contributed by atoms with Crippen molar-refractivity contribution in [2.24, 2.45) is 0 Å². The molecule has 0 fully saturated rings. The SMILES string of the molecule is O=C(O)c1ccc(CN2CCc3cc(O)ccc32)cc1. The fraction of sp³-hybridized carbons (Fsp3) is 0.188. The lowest BCUT2D eigenvalue weighted by Crippen LogP contribution is -2.19. The minimum Gasteiger partial charge on any atom is -0.508 e. The average Bonchev–Trinajstić information content (AvgIpc) is 2.81. The molecule has 0 unspecified atom stereocenters. The lowest BCUT2D eigenvalue weighted by molar-refractivity contribution is 0.0697. The highest BCUT2D eigenvalue weighted by atomic mass is 16.4. The van der Waals surface area contributed by atoms with Crippen LogP contribution in [0.5, 0.6) is 5.75 Å². The predicted molar refractivity (Wildman–Crippen MR) is 76.3 cm³/mol. The van der Waals surface area contributed by atoms with E-state index in [0.29, 0.717) is 11.3 Å². The molecular formula is C16H15NO3. The van der Waals surface area contributed by atoms with Crippen LogP contribution in [0.25, 0.3) is 0 Å². The van der Waals surface area contributed by atoms with Crippen molar-refractivity contribution in [3.63, 3.8) is 0 Å². The number of carboxylic acid groups (broad SMARTS) is 1. The van der Waals surface area contributed by atoms with Gasteiger partial charge in [-0.25, -0.2) is 4.79 Å². The second kappa shape index (κ2) is 4.89. The van der Waals surface area contributed by atoms with Crippen LogP contribution in [0, 0.1) is 0 Å². The Kier molecular flexibility index (Phi) is 3.06. The molecule has 1 heterocycles. The maximum atomic E-state index is 10.8. The van der Waals surface area contributed by atoms with Crippen molar-refractivity contribution in [1.82, 2.24) is 0 Å². The van der Waals surface area contributed by atoms with E-state index in [2.05, 4.69) is 4.90 Å². The molecule has 0 radical (unpaired) electrons. The predicted octanol–water partition coefficient (Wildman–Crippen LogP) is 2.65. The van der Waals surface area contributed by atoms with E-state index in [1.165, 1.54) is 0 Å². The lowest BCUT2D eigenvalue weighted by Gasteiger charge is -2.19. The molecule has 4 nitrogen and oxygen atoms in total. The molecule has 1 aliphatic heterocycles. The molecule has 3 rings (SSSR count). The van der Waals surface area contributed by atoms with Crippen LogP contribution in [0.1, 0.15) is 21.5 Å². The summed E-state index contributed by atoms with van der Waals surface area (Å²) in [6, 6.07) is 12.4. The second-order valence-corrected chi connectivity index (χ2v) is 4.99. The third kappa shape index (κ3) is 2.32. The summed E-state index contributed by atoms with van der Waals surface area (Å²) in [6.07, 6.45) is 0.928. The molecule has 0 saturated heterocycles. The highest BCUT2D eigenvalue weighted by Gasteiger charge is 2.19. The molecule has 2 aromatic carbocycles. The largest absolute Gasteiger partial charge is 0.508 e. The highest BCUT2D eigenvalue weighted by Crippen LogP contribution is 2.31. The molecule has 0 aromatic heterocycles. The minimum atomic E-state index is -0.904. The Morgan fingerprint density at radius 1 is 1.15 bits per heavy atom. The maximum absolute atomic E-state index is 10.8. The number of rotatable bonds is 3. The molecule has 2 N–H and O–H groups in total. The summed E-state index contributed by atoms with van der Waals surface area (Å²) in [5.41, 5.74) is 3.69. The summed E-state index contributed by atoms with van der Waals surface area (Å²) in [7, 11) is 0. The summed E-state index contributed by atoms with van der Waals surface area (Å²) in [4.78, 5) is 13.1. The smallest absolute Gasteiger partial charge is 0.335 e. The van der Waals surface area contributed by atoms with Gasteiger partial charge in [0.25, 0.3) is 0 Å². The Labute approximate surface area is 116 Å². The fourth-order valence-electron chi connectivity index (χ4n) is 2.59. The summed E-state index contributed by atoms with van der Waals surface area (Å²) >= 11 is 0. The minimum absolute atomic E-state index is 0.302. The zero-order valence-electron chi connectivity index (χ0n) is 10.9. The van der Waals surface area contributed by atoms with Gasteiger partial charge in [-0.05, 0) is 47.9 Å². The van der Waals surface area contributed by atoms with E-state index in [9.17, 15) is 9.90 Å². The first-order valence-electron chi connectivity index (χ1n) is 6.52.